The zero-order chi connectivity index (χ0) is 17.5. The van der Waals surface area contributed by atoms with Gasteiger partial charge in [0.1, 0.15) is 5.75 Å². The first-order chi connectivity index (χ1) is 11.5. The summed E-state index contributed by atoms with van der Waals surface area (Å²) >= 11 is 0. The normalized spacial score (nSPS) is 15.0. The molecule has 1 heterocycles. The lowest BCUT2D eigenvalue weighted by Crippen LogP contribution is -2.42. The molecule has 130 valence electrons. The van der Waals surface area contributed by atoms with Gasteiger partial charge in [-0.2, -0.15) is 0 Å². The van der Waals surface area contributed by atoms with Crippen molar-refractivity contribution in [2.24, 2.45) is 11.7 Å². The minimum Gasteiger partial charge on any atom is -0.465 e. The number of piperidine rings is 1. The smallest absolute Gasteiger partial charge is 0.337 e. The van der Waals surface area contributed by atoms with Crippen molar-refractivity contribution in [2.45, 2.75) is 25.7 Å². The van der Waals surface area contributed by atoms with Crippen molar-refractivity contribution in [3.05, 3.63) is 29.8 Å². The van der Waals surface area contributed by atoms with Crippen molar-refractivity contribution >= 4 is 17.9 Å². The predicted octanol–water partition coefficient (Wildman–Crippen LogP) is 1.76. The zero-order valence-electron chi connectivity index (χ0n) is 13.8. The Balaban J connectivity index is 1.74. The Morgan fingerprint density at radius 2 is 1.88 bits per heavy atom. The Labute approximate surface area is 141 Å². The molecule has 0 bridgehead atoms. The second kappa shape index (κ2) is 8.33. The fraction of sp³-hybridized carbons (Fsp3) is 0.471. The van der Waals surface area contributed by atoms with E-state index in [0.717, 1.165) is 32.4 Å². The van der Waals surface area contributed by atoms with Gasteiger partial charge in [-0.15, -0.1) is 0 Å². The van der Waals surface area contributed by atoms with Gasteiger partial charge >= 0.3 is 11.9 Å². The number of hydrogen-bond donors (Lipinski definition) is 2. The van der Waals surface area contributed by atoms with Crippen molar-refractivity contribution in [1.82, 2.24) is 4.90 Å². The van der Waals surface area contributed by atoms with Gasteiger partial charge in [0.2, 0.25) is 0 Å². The highest BCUT2D eigenvalue weighted by Gasteiger charge is 2.20. The first-order valence-corrected chi connectivity index (χ1v) is 7.97. The van der Waals surface area contributed by atoms with Gasteiger partial charge in [-0.05, 0) is 49.4 Å². The van der Waals surface area contributed by atoms with Crippen LogP contribution in [-0.2, 0) is 9.53 Å². The van der Waals surface area contributed by atoms with Gasteiger partial charge < -0.3 is 20.1 Å². The van der Waals surface area contributed by atoms with Crippen LogP contribution in [0, 0.1) is 11.3 Å². The summed E-state index contributed by atoms with van der Waals surface area (Å²) in [6.07, 6.45) is 2.98. The van der Waals surface area contributed by atoms with Crippen LogP contribution in [0.15, 0.2) is 24.3 Å². The SMILES string of the molecule is COC(=O)c1ccc(OC(=O)CCC2CCN(C(=N)N)CC2)cc1. The number of carbonyl (C=O) groups is 2. The number of nitrogens with two attached hydrogens (primary N) is 1. The number of benzene rings is 1. The van der Waals surface area contributed by atoms with E-state index in [1.54, 1.807) is 24.3 Å². The van der Waals surface area contributed by atoms with Gasteiger partial charge in [0.25, 0.3) is 0 Å². The summed E-state index contributed by atoms with van der Waals surface area (Å²) in [4.78, 5) is 25.1. The number of hydrogen-bond acceptors (Lipinski definition) is 5. The van der Waals surface area contributed by atoms with Crippen LogP contribution in [-0.4, -0.2) is 43.0 Å². The van der Waals surface area contributed by atoms with Crippen LogP contribution in [0.3, 0.4) is 0 Å². The molecule has 1 aliphatic rings. The van der Waals surface area contributed by atoms with Crippen molar-refractivity contribution in [3.8, 4) is 5.75 Å². The van der Waals surface area contributed by atoms with E-state index in [4.69, 9.17) is 15.9 Å². The molecule has 0 saturated carbocycles. The number of guanidine groups is 1. The molecule has 0 unspecified atom stereocenters. The van der Waals surface area contributed by atoms with Crippen molar-refractivity contribution in [2.75, 3.05) is 20.2 Å². The van der Waals surface area contributed by atoms with Gasteiger partial charge in [-0.25, -0.2) is 4.79 Å². The Morgan fingerprint density at radius 1 is 1.25 bits per heavy atom. The molecule has 1 saturated heterocycles. The predicted molar refractivity (Wildman–Crippen MR) is 88.9 cm³/mol. The minimum absolute atomic E-state index is 0.114. The van der Waals surface area contributed by atoms with Crippen LogP contribution in [0.2, 0.25) is 0 Å². The molecule has 2 rings (SSSR count). The summed E-state index contributed by atoms with van der Waals surface area (Å²) in [6, 6.07) is 6.28. The lowest BCUT2D eigenvalue weighted by molar-refractivity contribution is -0.134. The summed E-state index contributed by atoms with van der Waals surface area (Å²) < 4.78 is 9.89. The molecule has 0 amide bonds. The zero-order valence-corrected chi connectivity index (χ0v) is 13.8. The molecule has 0 radical (unpaired) electrons. The lowest BCUT2D eigenvalue weighted by Gasteiger charge is -2.31. The minimum atomic E-state index is -0.426. The van der Waals surface area contributed by atoms with Crippen molar-refractivity contribution < 1.29 is 19.1 Å². The topological polar surface area (TPSA) is 106 Å². The van der Waals surface area contributed by atoms with Gasteiger partial charge in [-0.3, -0.25) is 10.2 Å². The molecule has 0 atom stereocenters. The van der Waals surface area contributed by atoms with Crippen LogP contribution < -0.4 is 10.5 Å². The standard InChI is InChI=1S/C17H23N3O4/c1-23-16(22)13-3-5-14(6-4-13)24-15(21)7-2-12-8-10-20(11-9-12)17(18)19/h3-6,12H,2,7-11H2,1H3,(H3,18,19). The van der Waals surface area contributed by atoms with Crippen molar-refractivity contribution in [3.63, 3.8) is 0 Å². The van der Waals surface area contributed by atoms with Crippen LogP contribution in [0.5, 0.6) is 5.75 Å². The van der Waals surface area contributed by atoms with Crippen LogP contribution in [0.1, 0.15) is 36.0 Å². The highest BCUT2D eigenvalue weighted by Crippen LogP contribution is 2.22. The monoisotopic (exact) mass is 333 g/mol. The molecule has 1 aromatic carbocycles. The Bertz CT molecular complexity index is 592. The Morgan fingerprint density at radius 3 is 2.42 bits per heavy atom. The van der Waals surface area contributed by atoms with Gasteiger partial charge in [-0.1, -0.05) is 0 Å². The highest BCUT2D eigenvalue weighted by atomic mass is 16.5. The highest BCUT2D eigenvalue weighted by molar-refractivity contribution is 5.89. The van der Waals surface area contributed by atoms with Crippen LogP contribution >= 0.6 is 0 Å². The third-order valence-electron chi connectivity index (χ3n) is 4.22. The maximum absolute atomic E-state index is 11.9. The average molecular weight is 333 g/mol. The van der Waals surface area contributed by atoms with Gasteiger partial charge in [0.05, 0.1) is 12.7 Å². The second-order valence-corrected chi connectivity index (χ2v) is 5.84. The number of ether oxygens (including phenoxy) is 2. The third-order valence-corrected chi connectivity index (χ3v) is 4.22. The van der Waals surface area contributed by atoms with E-state index < -0.39 is 5.97 Å². The second-order valence-electron chi connectivity index (χ2n) is 5.84. The molecule has 24 heavy (non-hydrogen) atoms. The number of nitrogens with zero attached hydrogens (tertiary/aromatic N) is 1. The molecule has 1 fully saturated rings. The maximum atomic E-state index is 11.9. The molecular weight excluding hydrogens is 310 g/mol. The fourth-order valence-electron chi connectivity index (χ4n) is 2.74. The summed E-state index contributed by atoms with van der Waals surface area (Å²) in [5, 5.41) is 7.40. The number of carbonyl (C=O) groups excluding carboxylic acids is 2. The summed E-state index contributed by atoms with van der Waals surface area (Å²) in [5.74, 6) is 0.275. The first-order valence-electron chi connectivity index (χ1n) is 7.97. The quantitative estimate of drug-likeness (QED) is 0.368. The molecule has 0 spiro atoms. The molecule has 1 aliphatic heterocycles. The molecule has 7 nitrogen and oxygen atoms in total. The van der Waals surface area contributed by atoms with Crippen LogP contribution in [0.25, 0.3) is 0 Å². The van der Waals surface area contributed by atoms with E-state index in [9.17, 15) is 9.59 Å². The molecule has 3 N–H and O–H groups in total. The van der Waals surface area contributed by atoms with E-state index in [2.05, 4.69) is 4.74 Å². The third kappa shape index (κ3) is 4.97. The average Bonchev–Trinajstić information content (AvgIpc) is 2.60. The number of rotatable bonds is 5. The number of esters is 2. The molecule has 7 heteroatoms. The number of methoxy groups -OCH3 is 1. The van der Waals surface area contributed by atoms with Crippen molar-refractivity contribution in [1.29, 1.82) is 5.41 Å². The molecular formula is C17H23N3O4. The molecule has 0 aliphatic carbocycles. The molecule has 0 aromatic heterocycles. The largest absolute Gasteiger partial charge is 0.465 e. The summed E-state index contributed by atoms with van der Waals surface area (Å²) in [5.41, 5.74) is 5.88. The first kappa shape index (κ1) is 17.8. The maximum Gasteiger partial charge on any atom is 0.337 e. The van der Waals surface area contributed by atoms with E-state index >= 15 is 0 Å². The lowest BCUT2D eigenvalue weighted by atomic mass is 9.92. The van der Waals surface area contributed by atoms with E-state index in [-0.39, 0.29) is 11.9 Å². The summed E-state index contributed by atoms with van der Waals surface area (Å²) in [6.45, 7) is 1.54. The Hall–Kier alpha value is -2.57. The van der Waals surface area contributed by atoms with Gasteiger partial charge in [0, 0.05) is 19.5 Å². The Kier molecular flexibility index (Phi) is 6.17. The van der Waals surface area contributed by atoms with Crippen LogP contribution in [0.4, 0.5) is 0 Å². The van der Waals surface area contributed by atoms with Gasteiger partial charge in [0.15, 0.2) is 5.96 Å². The number of nitrogens with one attached hydrogen (secondary N) is 1. The summed E-state index contributed by atoms with van der Waals surface area (Å²) in [7, 11) is 1.32. The fourth-order valence-corrected chi connectivity index (χ4v) is 2.74. The van der Waals surface area contributed by atoms with E-state index in [0.29, 0.717) is 23.7 Å². The molecule has 1 aromatic rings. The van der Waals surface area contributed by atoms with E-state index in [1.807, 2.05) is 4.90 Å². The van der Waals surface area contributed by atoms with E-state index in [1.165, 1.54) is 7.11 Å². The number of likely N-dealkylation sites (tertiary alicyclic amines) is 1.